The van der Waals surface area contributed by atoms with Crippen molar-refractivity contribution in [2.45, 2.75) is 48.8 Å². The largest absolute Gasteiger partial charge is 0.313 e. The molecule has 1 aliphatic carbocycles. The minimum absolute atomic E-state index is 0.663. The van der Waals surface area contributed by atoms with Crippen LogP contribution in [0.1, 0.15) is 32.6 Å². The highest BCUT2D eigenvalue weighted by molar-refractivity contribution is 8.00. The second-order valence-corrected chi connectivity index (χ2v) is 6.27. The van der Waals surface area contributed by atoms with E-state index in [1.807, 2.05) is 23.9 Å². The van der Waals surface area contributed by atoms with Crippen LogP contribution in [0, 0.1) is 0 Å². The van der Waals surface area contributed by atoms with Gasteiger partial charge in [0.2, 0.25) is 0 Å². The van der Waals surface area contributed by atoms with E-state index in [-0.39, 0.29) is 0 Å². The highest BCUT2D eigenvalue weighted by atomic mass is 35.5. The summed E-state index contributed by atoms with van der Waals surface area (Å²) in [4.78, 5) is 1.23. The van der Waals surface area contributed by atoms with Gasteiger partial charge in [-0.15, -0.1) is 11.8 Å². The monoisotopic (exact) mass is 269 g/mol. The van der Waals surface area contributed by atoms with Gasteiger partial charge in [0.25, 0.3) is 0 Å². The van der Waals surface area contributed by atoms with Gasteiger partial charge in [-0.05, 0) is 37.9 Å². The number of nitrogens with one attached hydrogen (secondary N) is 1. The topological polar surface area (TPSA) is 12.0 Å². The van der Waals surface area contributed by atoms with Crippen LogP contribution in [0.5, 0.6) is 0 Å². The second-order valence-electron chi connectivity index (χ2n) is 4.58. The van der Waals surface area contributed by atoms with E-state index in [1.54, 1.807) is 0 Å². The summed E-state index contributed by atoms with van der Waals surface area (Å²) in [5.41, 5.74) is 0. The van der Waals surface area contributed by atoms with Crippen LogP contribution in [0.25, 0.3) is 0 Å². The van der Waals surface area contributed by atoms with Gasteiger partial charge in [-0.25, -0.2) is 0 Å². The van der Waals surface area contributed by atoms with Crippen molar-refractivity contribution in [3.8, 4) is 0 Å². The molecule has 0 heterocycles. The smallest absolute Gasteiger partial charge is 0.0541 e. The molecule has 0 radical (unpaired) electrons. The number of hydrogen-bond acceptors (Lipinski definition) is 2. The summed E-state index contributed by atoms with van der Waals surface area (Å²) in [6.07, 6.45) is 5.16. The van der Waals surface area contributed by atoms with Crippen LogP contribution in [-0.2, 0) is 0 Å². The minimum atomic E-state index is 0.663. The van der Waals surface area contributed by atoms with Crippen LogP contribution in [0.4, 0.5) is 0 Å². The van der Waals surface area contributed by atoms with E-state index in [9.17, 15) is 0 Å². The molecule has 0 saturated heterocycles. The van der Waals surface area contributed by atoms with E-state index < -0.39 is 0 Å². The highest BCUT2D eigenvalue weighted by Gasteiger charge is 2.27. The molecule has 3 heteroatoms. The van der Waals surface area contributed by atoms with Crippen LogP contribution in [0.2, 0.25) is 5.02 Å². The van der Waals surface area contributed by atoms with Crippen LogP contribution in [0.3, 0.4) is 0 Å². The van der Waals surface area contributed by atoms with Gasteiger partial charge in [0.1, 0.15) is 0 Å². The molecular weight excluding hydrogens is 250 g/mol. The van der Waals surface area contributed by atoms with Crippen molar-refractivity contribution < 1.29 is 0 Å². The predicted octanol–water partition coefficient (Wildman–Crippen LogP) is 4.35. The van der Waals surface area contributed by atoms with Gasteiger partial charge in [-0.3, -0.25) is 0 Å². The third kappa shape index (κ3) is 3.64. The molecule has 2 rings (SSSR count). The summed E-state index contributed by atoms with van der Waals surface area (Å²) in [7, 11) is 0. The van der Waals surface area contributed by atoms with Gasteiger partial charge in [-0.1, -0.05) is 37.1 Å². The average molecular weight is 270 g/mol. The predicted molar refractivity (Wildman–Crippen MR) is 77.0 cm³/mol. The van der Waals surface area contributed by atoms with Gasteiger partial charge in [-0.2, -0.15) is 0 Å². The zero-order chi connectivity index (χ0) is 12.1. The Bertz CT molecular complexity index is 356. The molecule has 1 N–H and O–H groups in total. The van der Waals surface area contributed by atoms with Crippen molar-refractivity contribution in [2.24, 2.45) is 0 Å². The molecular formula is C14H20ClNS. The van der Waals surface area contributed by atoms with Crippen LogP contribution in [-0.4, -0.2) is 17.8 Å². The molecule has 1 aromatic carbocycles. The Morgan fingerprint density at radius 2 is 2.18 bits per heavy atom. The molecule has 17 heavy (non-hydrogen) atoms. The molecule has 1 aliphatic rings. The maximum Gasteiger partial charge on any atom is 0.0541 e. The van der Waals surface area contributed by atoms with Gasteiger partial charge in [0, 0.05) is 16.2 Å². The molecule has 0 bridgehead atoms. The van der Waals surface area contributed by atoms with Crippen molar-refractivity contribution in [3.63, 3.8) is 0 Å². The zero-order valence-corrected chi connectivity index (χ0v) is 11.9. The van der Waals surface area contributed by atoms with E-state index in [1.165, 1.54) is 30.6 Å². The van der Waals surface area contributed by atoms with E-state index in [2.05, 4.69) is 24.4 Å². The summed E-state index contributed by atoms with van der Waals surface area (Å²) in [6.45, 7) is 3.35. The Balaban J connectivity index is 1.95. The Morgan fingerprint density at radius 1 is 1.35 bits per heavy atom. The lowest BCUT2D eigenvalue weighted by Gasteiger charge is -2.20. The van der Waals surface area contributed by atoms with Gasteiger partial charge in [0.15, 0.2) is 0 Å². The maximum atomic E-state index is 6.21. The van der Waals surface area contributed by atoms with Crippen molar-refractivity contribution in [3.05, 3.63) is 29.3 Å². The van der Waals surface area contributed by atoms with Crippen molar-refractivity contribution in [1.82, 2.24) is 5.32 Å². The average Bonchev–Trinajstić information content (AvgIpc) is 2.77. The Morgan fingerprint density at radius 3 is 2.94 bits per heavy atom. The van der Waals surface area contributed by atoms with Crippen LogP contribution < -0.4 is 5.32 Å². The quantitative estimate of drug-likeness (QED) is 0.853. The minimum Gasteiger partial charge on any atom is -0.313 e. The van der Waals surface area contributed by atoms with Crippen molar-refractivity contribution >= 4 is 23.4 Å². The lowest BCUT2D eigenvalue weighted by atomic mass is 10.2. The third-order valence-electron chi connectivity index (χ3n) is 3.22. The first-order chi connectivity index (χ1) is 8.31. The van der Waals surface area contributed by atoms with Crippen molar-refractivity contribution in [1.29, 1.82) is 0 Å². The molecule has 1 aromatic rings. The fourth-order valence-electron chi connectivity index (χ4n) is 2.33. The lowest BCUT2D eigenvalue weighted by Crippen LogP contribution is -2.34. The van der Waals surface area contributed by atoms with Crippen molar-refractivity contribution in [2.75, 3.05) is 6.54 Å². The number of benzene rings is 1. The molecule has 1 fully saturated rings. The maximum absolute atomic E-state index is 6.21. The first kappa shape index (κ1) is 13.3. The second kappa shape index (κ2) is 6.67. The molecule has 2 atom stereocenters. The standard InChI is InChI=1S/C14H20ClNS/c1-2-10-16-12-7-5-9-14(12)17-13-8-4-3-6-11(13)15/h3-4,6,8,12,14,16H,2,5,7,9-10H2,1H3. The highest BCUT2D eigenvalue weighted by Crippen LogP contribution is 2.37. The molecule has 2 unspecified atom stereocenters. The lowest BCUT2D eigenvalue weighted by molar-refractivity contribution is 0.531. The normalized spacial score (nSPS) is 24.1. The number of rotatable bonds is 5. The molecule has 1 nitrogen and oxygen atoms in total. The molecule has 0 amide bonds. The molecule has 94 valence electrons. The van der Waals surface area contributed by atoms with E-state index in [4.69, 9.17) is 11.6 Å². The fraction of sp³-hybridized carbons (Fsp3) is 0.571. The molecule has 1 saturated carbocycles. The van der Waals surface area contributed by atoms with Crippen LogP contribution in [0.15, 0.2) is 29.2 Å². The summed E-state index contributed by atoms with van der Waals surface area (Å²) >= 11 is 8.16. The Kier molecular flexibility index (Phi) is 5.20. The Hall–Kier alpha value is -0.180. The summed E-state index contributed by atoms with van der Waals surface area (Å²) in [6, 6.07) is 8.83. The third-order valence-corrected chi connectivity index (χ3v) is 5.14. The summed E-state index contributed by atoms with van der Waals surface area (Å²) in [5, 5.41) is 5.23. The molecule has 0 spiro atoms. The van der Waals surface area contributed by atoms with E-state index in [0.29, 0.717) is 11.3 Å². The Labute approximate surface area is 113 Å². The summed E-state index contributed by atoms with van der Waals surface area (Å²) in [5.74, 6) is 0. The zero-order valence-electron chi connectivity index (χ0n) is 10.3. The fourth-order valence-corrected chi connectivity index (χ4v) is 3.95. The van der Waals surface area contributed by atoms with E-state index in [0.717, 1.165) is 11.6 Å². The molecule has 0 aromatic heterocycles. The van der Waals surface area contributed by atoms with Gasteiger partial charge < -0.3 is 5.32 Å². The SMILES string of the molecule is CCCNC1CCCC1Sc1ccccc1Cl. The summed E-state index contributed by atoms with van der Waals surface area (Å²) < 4.78 is 0. The van der Waals surface area contributed by atoms with E-state index >= 15 is 0 Å². The van der Waals surface area contributed by atoms with Gasteiger partial charge in [0.05, 0.1) is 5.02 Å². The molecule has 0 aliphatic heterocycles. The number of hydrogen-bond donors (Lipinski definition) is 1. The number of thioether (sulfide) groups is 1. The first-order valence-electron chi connectivity index (χ1n) is 6.46. The first-order valence-corrected chi connectivity index (χ1v) is 7.71. The number of halogens is 1. The van der Waals surface area contributed by atoms with Crippen LogP contribution >= 0.6 is 23.4 Å². The van der Waals surface area contributed by atoms with Gasteiger partial charge >= 0.3 is 0 Å².